The zero-order valence-corrected chi connectivity index (χ0v) is 13.9. The molecule has 0 spiro atoms. The van der Waals surface area contributed by atoms with Crippen LogP contribution in [0.3, 0.4) is 0 Å². The van der Waals surface area contributed by atoms with E-state index in [0.29, 0.717) is 0 Å². The fourth-order valence-electron chi connectivity index (χ4n) is 3.64. The number of hydrogen-bond donors (Lipinski definition) is 1. The number of piperazine rings is 1. The van der Waals surface area contributed by atoms with Crippen LogP contribution in [0.15, 0.2) is 17.8 Å². The van der Waals surface area contributed by atoms with Crippen LogP contribution in [0.2, 0.25) is 0 Å². The van der Waals surface area contributed by atoms with E-state index in [2.05, 4.69) is 53.2 Å². The van der Waals surface area contributed by atoms with Crippen LogP contribution in [0, 0.1) is 5.92 Å². The molecule has 0 radical (unpaired) electrons. The van der Waals surface area contributed by atoms with E-state index in [4.69, 9.17) is 4.98 Å². The number of aromatic nitrogens is 2. The molecule has 21 heavy (non-hydrogen) atoms. The van der Waals surface area contributed by atoms with Gasteiger partial charge in [0.25, 0.3) is 0 Å². The molecule has 1 aliphatic carbocycles. The van der Waals surface area contributed by atoms with E-state index in [0.717, 1.165) is 30.5 Å². The van der Waals surface area contributed by atoms with Gasteiger partial charge in [-0.3, -0.25) is 9.30 Å². The summed E-state index contributed by atoms with van der Waals surface area (Å²) < 4.78 is 2.14. The summed E-state index contributed by atoms with van der Waals surface area (Å²) >= 11 is 1.71. The van der Waals surface area contributed by atoms with Crippen LogP contribution >= 0.6 is 11.3 Å². The summed E-state index contributed by atoms with van der Waals surface area (Å²) in [5.74, 6) is 0.852. The molecule has 4 rings (SSSR count). The molecule has 3 heterocycles. The van der Waals surface area contributed by atoms with Gasteiger partial charge in [0.05, 0.1) is 5.69 Å². The summed E-state index contributed by atoms with van der Waals surface area (Å²) in [6.07, 6.45) is 7.05. The van der Waals surface area contributed by atoms with Crippen molar-refractivity contribution in [2.45, 2.75) is 51.2 Å². The molecule has 4 nitrogen and oxygen atoms in total. The Bertz CT molecular complexity index is 626. The lowest BCUT2D eigenvalue weighted by atomic mass is 9.86. The number of hydrogen-bond acceptors (Lipinski definition) is 4. The minimum Gasteiger partial charge on any atom is -0.309 e. The number of nitrogens with one attached hydrogen (secondary N) is 1. The molecule has 0 bridgehead atoms. The SMILES string of the molecule is CC1(C)CN(Cc2cn3ccsc3n2)C(C)(C2CC2)CN1. The first kappa shape index (κ1) is 13.7. The highest BCUT2D eigenvalue weighted by atomic mass is 32.1. The Morgan fingerprint density at radius 2 is 2.19 bits per heavy atom. The monoisotopic (exact) mass is 304 g/mol. The molecular weight excluding hydrogens is 280 g/mol. The molecule has 1 saturated carbocycles. The van der Waals surface area contributed by atoms with Gasteiger partial charge in [-0.2, -0.15) is 0 Å². The predicted octanol–water partition coefficient (Wildman–Crippen LogP) is 2.75. The minimum absolute atomic E-state index is 0.186. The number of thiazole rings is 1. The maximum absolute atomic E-state index is 4.78. The molecule has 1 saturated heterocycles. The van der Waals surface area contributed by atoms with E-state index in [1.165, 1.54) is 18.5 Å². The van der Waals surface area contributed by atoms with Crippen molar-refractivity contribution in [2.24, 2.45) is 5.92 Å². The topological polar surface area (TPSA) is 32.6 Å². The lowest BCUT2D eigenvalue weighted by molar-refractivity contribution is 0.00443. The Morgan fingerprint density at radius 3 is 2.90 bits per heavy atom. The van der Waals surface area contributed by atoms with Crippen molar-refractivity contribution in [1.82, 2.24) is 19.6 Å². The van der Waals surface area contributed by atoms with E-state index >= 15 is 0 Å². The molecule has 2 fully saturated rings. The summed E-state index contributed by atoms with van der Waals surface area (Å²) in [4.78, 5) is 8.56. The number of fused-ring (bicyclic) bond motifs is 1. The van der Waals surface area contributed by atoms with Crippen LogP contribution in [0.1, 0.15) is 39.3 Å². The van der Waals surface area contributed by atoms with Crippen LogP contribution in [-0.2, 0) is 6.54 Å². The van der Waals surface area contributed by atoms with E-state index in [1.54, 1.807) is 11.3 Å². The molecule has 2 aromatic rings. The molecule has 114 valence electrons. The zero-order chi connectivity index (χ0) is 14.7. The Morgan fingerprint density at radius 1 is 1.38 bits per heavy atom. The Balaban J connectivity index is 1.61. The highest BCUT2D eigenvalue weighted by Crippen LogP contribution is 2.45. The standard InChI is InChI=1S/C16H24N4S/c1-15(2)11-20(16(3,10-17-15)12-4-5-12)9-13-8-19-6-7-21-14(19)18-13/h6-8,12,17H,4-5,9-11H2,1-3H3. The molecule has 1 N–H and O–H groups in total. The van der Waals surface area contributed by atoms with Gasteiger partial charge in [0.15, 0.2) is 4.96 Å². The van der Waals surface area contributed by atoms with Gasteiger partial charge in [0, 0.05) is 48.5 Å². The second-order valence-corrected chi connectivity index (χ2v) is 8.42. The van der Waals surface area contributed by atoms with Gasteiger partial charge in [-0.15, -0.1) is 11.3 Å². The van der Waals surface area contributed by atoms with Gasteiger partial charge in [0.1, 0.15) is 0 Å². The molecule has 2 aromatic heterocycles. The highest BCUT2D eigenvalue weighted by Gasteiger charge is 2.49. The first-order chi connectivity index (χ1) is 9.96. The largest absolute Gasteiger partial charge is 0.309 e. The Kier molecular flexibility index (Phi) is 2.97. The van der Waals surface area contributed by atoms with Crippen LogP contribution in [0.5, 0.6) is 0 Å². The summed E-state index contributed by atoms with van der Waals surface area (Å²) in [6.45, 7) is 10.2. The molecule has 1 unspecified atom stereocenters. The first-order valence-corrected chi connectivity index (χ1v) is 8.75. The molecule has 1 atom stereocenters. The van der Waals surface area contributed by atoms with Crippen LogP contribution in [-0.4, -0.2) is 38.5 Å². The van der Waals surface area contributed by atoms with E-state index in [9.17, 15) is 0 Å². The Hall–Kier alpha value is -0.910. The van der Waals surface area contributed by atoms with Gasteiger partial charge in [-0.25, -0.2) is 4.98 Å². The van der Waals surface area contributed by atoms with Crippen LogP contribution < -0.4 is 5.32 Å². The average Bonchev–Trinajstić information content (AvgIpc) is 3.07. The number of nitrogens with zero attached hydrogens (tertiary/aromatic N) is 3. The molecule has 0 amide bonds. The molecule has 2 aliphatic rings. The second-order valence-electron chi connectivity index (χ2n) is 7.55. The van der Waals surface area contributed by atoms with Crippen molar-refractivity contribution >= 4 is 16.3 Å². The summed E-state index contributed by atoms with van der Waals surface area (Å²) in [6, 6.07) is 0. The summed E-state index contributed by atoms with van der Waals surface area (Å²) in [5.41, 5.74) is 1.67. The van der Waals surface area contributed by atoms with Crippen molar-refractivity contribution in [1.29, 1.82) is 0 Å². The number of rotatable bonds is 3. The van der Waals surface area contributed by atoms with Gasteiger partial charge in [-0.1, -0.05) is 0 Å². The first-order valence-electron chi connectivity index (χ1n) is 7.87. The third-order valence-corrected chi connectivity index (χ3v) is 5.96. The van der Waals surface area contributed by atoms with Gasteiger partial charge >= 0.3 is 0 Å². The Labute approximate surface area is 130 Å². The fourth-order valence-corrected chi connectivity index (χ4v) is 4.35. The van der Waals surface area contributed by atoms with Crippen molar-refractivity contribution in [2.75, 3.05) is 13.1 Å². The smallest absolute Gasteiger partial charge is 0.193 e. The lowest BCUT2D eigenvalue weighted by Gasteiger charge is -2.51. The van der Waals surface area contributed by atoms with E-state index in [1.807, 2.05) is 0 Å². The highest BCUT2D eigenvalue weighted by molar-refractivity contribution is 7.15. The third kappa shape index (κ3) is 2.41. The fraction of sp³-hybridized carbons (Fsp3) is 0.688. The summed E-state index contributed by atoms with van der Waals surface area (Å²) in [5, 5.41) is 5.83. The number of imidazole rings is 1. The molecule has 1 aliphatic heterocycles. The zero-order valence-electron chi connectivity index (χ0n) is 13.1. The average molecular weight is 304 g/mol. The predicted molar refractivity (Wildman–Crippen MR) is 86.7 cm³/mol. The van der Waals surface area contributed by atoms with E-state index < -0.39 is 0 Å². The van der Waals surface area contributed by atoms with Crippen molar-refractivity contribution in [3.63, 3.8) is 0 Å². The lowest BCUT2D eigenvalue weighted by Crippen LogP contribution is -2.67. The van der Waals surface area contributed by atoms with Gasteiger partial charge < -0.3 is 5.32 Å². The van der Waals surface area contributed by atoms with Crippen LogP contribution in [0.4, 0.5) is 0 Å². The maximum atomic E-state index is 4.78. The van der Waals surface area contributed by atoms with Gasteiger partial charge in [-0.05, 0) is 39.5 Å². The maximum Gasteiger partial charge on any atom is 0.193 e. The second kappa shape index (κ2) is 4.54. The van der Waals surface area contributed by atoms with Gasteiger partial charge in [0.2, 0.25) is 0 Å². The molecule has 5 heteroatoms. The van der Waals surface area contributed by atoms with Crippen LogP contribution in [0.25, 0.3) is 4.96 Å². The molecule has 0 aromatic carbocycles. The normalized spacial score (nSPS) is 30.0. The van der Waals surface area contributed by atoms with Crippen molar-refractivity contribution in [3.8, 4) is 0 Å². The summed E-state index contributed by atoms with van der Waals surface area (Å²) in [7, 11) is 0. The van der Waals surface area contributed by atoms with Crippen molar-refractivity contribution in [3.05, 3.63) is 23.5 Å². The third-order valence-electron chi connectivity index (χ3n) is 5.19. The quantitative estimate of drug-likeness (QED) is 0.946. The molecular formula is C16H24N4S. The minimum atomic E-state index is 0.186. The van der Waals surface area contributed by atoms with Crippen molar-refractivity contribution < 1.29 is 0 Å². The van der Waals surface area contributed by atoms with E-state index in [-0.39, 0.29) is 11.1 Å².